The summed E-state index contributed by atoms with van der Waals surface area (Å²) in [6, 6.07) is 0. The van der Waals surface area contributed by atoms with Crippen LogP contribution in [-0.2, 0) is 14.1 Å². The van der Waals surface area contributed by atoms with Gasteiger partial charge in [0.2, 0.25) is 0 Å². The van der Waals surface area contributed by atoms with Crippen molar-refractivity contribution in [2.75, 3.05) is 13.3 Å². The predicted octanol–water partition coefficient (Wildman–Crippen LogP) is -0.0268. The van der Waals surface area contributed by atoms with Crippen LogP contribution in [0.2, 0.25) is 0 Å². The van der Waals surface area contributed by atoms with Crippen LogP contribution in [0.1, 0.15) is 6.92 Å². The highest BCUT2D eigenvalue weighted by molar-refractivity contribution is 7.51. The molecule has 0 heterocycles. The van der Waals surface area contributed by atoms with E-state index < -0.39 is 25.6 Å². The van der Waals surface area contributed by atoms with Gasteiger partial charge in [0.25, 0.3) is 0 Å². The summed E-state index contributed by atoms with van der Waals surface area (Å²) in [5.41, 5.74) is 0. The molecule has 0 saturated heterocycles. The van der Waals surface area contributed by atoms with Crippen LogP contribution >= 0.6 is 7.60 Å². The van der Waals surface area contributed by atoms with Gasteiger partial charge < -0.3 is 14.5 Å². The molecule has 0 amide bonds. The van der Waals surface area contributed by atoms with Crippen molar-refractivity contribution in [3.63, 3.8) is 0 Å². The lowest BCUT2D eigenvalue weighted by atomic mass is 10.2. The molecule has 5 nitrogen and oxygen atoms in total. The number of rotatable bonds is 3. The van der Waals surface area contributed by atoms with Crippen LogP contribution < -0.4 is 0 Å². The van der Waals surface area contributed by atoms with E-state index in [1.807, 2.05) is 0 Å². The molecule has 66 valence electrons. The topological polar surface area (TPSA) is 83.8 Å². The quantitative estimate of drug-likeness (QED) is 0.473. The smallest absolute Gasteiger partial charge is 0.326 e. The maximum absolute atomic E-state index is 10.6. The van der Waals surface area contributed by atoms with Crippen LogP contribution in [0.3, 0.4) is 0 Å². The molecule has 11 heavy (non-hydrogen) atoms. The monoisotopic (exact) mass is 182 g/mol. The van der Waals surface area contributed by atoms with Crippen molar-refractivity contribution in [1.29, 1.82) is 0 Å². The summed E-state index contributed by atoms with van der Waals surface area (Å²) >= 11 is 0. The maximum atomic E-state index is 10.6. The van der Waals surface area contributed by atoms with Gasteiger partial charge in [-0.25, -0.2) is 0 Å². The number of methoxy groups -OCH3 is 1. The molecule has 0 saturated carbocycles. The maximum Gasteiger partial charge on any atom is 0.326 e. The molecule has 0 aliphatic rings. The molecule has 0 bridgehead atoms. The fourth-order valence-electron chi connectivity index (χ4n) is 0.632. The summed E-state index contributed by atoms with van der Waals surface area (Å²) in [7, 11) is -2.91. The van der Waals surface area contributed by atoms with Crippen LogP contribution in [0.5, 0.6) is 0 Å². The van der Waals surface area contributed by atoms with Crippen molar-refractivity contribution >= 4 is 13.6 Å². The van der Waals surface area contributed by atoms with Crippen molar-refractivity contribution in [3.05, 3.63) is 0 Å². The Bertz CT molecular complexity index is 183. The minimum atomic E-state index is -4.09. The molecule has 0 aromatic carbocycles. The normalized spacial score (nSPS) is 14.2. The first-order chi connectivity index (χ1) is 4.87. The van der Waals surface area contributed by atoms with Gasteiger partial charge in [-0.05, 0) is 0 Å². The Balaban J connectivity index is 3.98. The molecule has 0 aliphatic heterocycles. The molecule has 6 heteroatoms. The second-order valence-electron chi connectivity index (χ2n) is 2.27. The summed E-state index contributed by atoms with van der Waals surface area (Å²) in [6.07, 6.45) is -0.459. The standard InChI is InChI=1S/C5H11O5P/c1-4(5(6)10-2)3-11(7,8)9/h4H,3H2,1-2H3,(H2,7,8,9). The minimum Gasteiger partial charge on any atom is -0.469 e. The summed E-state index contributed by atoms with van der Waals surface area (Å²) in [5, 5.41) is 0. The van der Waals surface area contributed by atoms with Crippen LogP contribution in [-0.4, -0.2) is 29.0 Å². The summed E-state index contributed by atoms with van der Waals surface area (Å²) in [4.78, 5) is 27.5. The molecule has 1 atom stereocenters. The highest BCUT2D eigenvalue weighted by Crippen LogP contribution is 2.36. The van der Waals surface area contributed by atoms with E-state index >= 15 is 0 Å². The Kier molecular flexibility index (Phi) is 3.72. The van der Waals surface area contributed by atoms with Crippen molar-refractivity contribution in [1.82, 2.24) is 0 Å². The van der Waals surface area contributed by atoms with E-state index in [-0.39, 0.29) is 0 Å². The lowest BCUT2D eigenvalue weighted by molar-refractivity contribution is -0.144. The van der Waals surface area contributed by atoms with Gasteiger partial charge in [-0.3, -0.25) is 9.36 Å². The van der Waals surface area contributed by atoms with Crippen molar-refractivity contribution in [2.24, 2.45) is 5.92 Å². The Morgan fingerprint density at radius 1 is 1.64 bits per heavy atom. The molecular weight excluding hydrogens is 171 g/mol. The van der Waals surface area contributed by atoms with E-state index in [0.29, 0.717) is 0 Å². The average molecular weight is 182 g/mol. The van der Waals surface area contributed by atoms with Gasteiger partial charge >= 0.3 is 13.6 Å². The van der Waals surface area contributed by atoms with E-state index in [0.717, 1.165) is 0 Å². The first kappa shape index (κ1) is 10.6. The SMILES string of the molecule is COC(=O)C(C)CP(=O)(O)O. The molecule has 1 unspecified atom stereocenters. The number of hydrogen-bond donors (Lipinski definition) is 2. The molecule has 2 N–H and O–H groups in total. The molecule has 0 aromatic rings. The van der Waals surface area contributed by atoms with Gasteiger partial charge in [0.05, 0.1) is 19.2 Å². The zero-order valence-electron chi connectivity index (χ0n) is 6.35. The van der Waals surface area contributed by atoms with Gasteiger partial charge in [0.1, 0.15) is 0 Å². The molecule has 0 fully saturated rings. The molecule has 0 aliphatic carbocycles. The molecule has 0 radical (unpaired) electrons. The molecule has 0 spiro atoms. The zero-order chi connectivity index (χ0) is 9.07. The van der Waals surface area contributed by atoms with E-state index in [4.69, 9.17) is 9.79 Å². The van der Waals surface area contributed by atoms with Gasteiger partial charge in [-0.1, -0.05) is 6.92 Å². The summed E-state index contributed by atoms with van der Waals surface area (Å²) < 4.78 is 14.6. The summed E-state index contributed by atoms with van der Waals surface area (Å²) in [6.45, 7) is 1.41. The number of carbonyl (C=O) groups is 1. The van der Waals surface area contributed by atoms with E-state index in [9.17, 15) is 9.36 Å². The van der Waals surface area contributed by atoms with Crippen LogP contribution in [0.4, 0.5) is 0 Å². The van der Waals surface area contributed by atoms with Crippen LogP contribution in [0.25, 0.3) is 0 Å². The Morgan fingerprint density at radius 2 is 2.09 bits per heavy atom. The first-order valence-corrected chi connectivity index (χ1v) is 4.79. The highest BCUT2D eigenvalue weighted by Gasteiger charge is 2.23. The van der Waals surface area contributed by atoms with Crippen molar-refractivity contribution < 1.29 is 23.9 Å². The van der Waals surface area contributed by atoms with Crippen molar-refractivity contribution in [2.45, 2.75) is 6.92 Å². The predicted molar refractivity (Wildman–Crippen MR) is 38.1 cm³/mol. The zero-order valence-corrected chi connectivity index (χ0v) is 7.25. The number of carbonyl (C=O) groups excluding carboxylic acids is 1. The Morgan fingerprint density at radius 3 is 2.36 bits per heavy atom. The van der Waals surface area contributed by atoms with Crippen LogP contribution in [0, 0.1) is 5.92 Å². The fourth-order valence-corrected chi connectivity index (χ4v) is 1.50. The first-order valence-electron chi connectivity index (χ1n) is 2.99. The van der Waals surface area contributed by atoms with Crippen LogP contribution in [0.15, 0.2) is 0 Å². The fraction of sp³-hybridized carbons (Fsp3) is 0.800. The van der Waals surface area contributed by atoms with Gasteiger partial charge in [0.15, 0.2) is 0 Å². The average Bonchev–Trinajstić information content (AvgIpc) is 1.82. The second kappa shape index (κ2) is 3.85. The third-order valence-corrected chi connectivity index (χ3v) is 2.14. The molecular formula is C5H11O5P. The second-order valence-corrected chi connectivity index (χ2v) is 3.97. The van der Waals surface area contributed by atoms with Gasteiger partial charge in [0, 0.05) is 0 Å². The molecule has 0 aromatic heterocycles. The Hall–Kier alpha value is -0.380. The number of hydrogen-bond acceptors (Lipinski definition) is 3. The van der Waals surface area contributed by atoms with E-state index in [2.05, 4.69) is 4.74 Å². The largest absolute Gasteiger partial charge is 0.469 e. The highest BCUT2D eigenvalue weighted by atomic mass is 31.2. The number of esters is 1. The lowest BCUT2D eigenvalue weighted by Gasteiger charge is -2.09. The van der Waals surface area contributed by atoms with E-state index in [1.165, 1.54) is 14.0 Å². The van der Waals surface area contributed by atoms with Gasteiger partial charge in [-0.2, -0.15) is 0 Å². The van der Waals surface area contributed by atoms with Crippen molar-refractivity contribution in [3.8, 4) is 0 Å². The van der Waals surface area contributed by atoms with Gasteiger partial charge in [-0.15, -0.1) is 0 Å². The Labute approximate surface area is 64.5 Å². The summed E-state index contributed by atoms with van der Waals surface area (Å²) in [5.74, 6) is -1.35. The lowest BCUT2D eigenvalue weighted by Crippen LogP contribution is -2.16. The third kappa shape index (κ3) is 4.95. The third-order valence-electron chi connectivity index (χ3n) is 1.12. The number of ether oxygens (including phenoxy) is 1. The van der Waals surface area contributed by atoms with E-state index in [1.54, 1.807) is 0 Å². The minimum absolute atomic E-state index is 0.459. The molecule has 0 rings (SSSR count).